The Bertz CT molecular complexity index is 347. The van der Waals surface area contributed by atoms with E-state index in [2.05, 4.69) is 4.94 Å². The molecule has 1 aliphatic rings. The molecule has 3 heteroatoms. The SMILES string of the molecule is O=C(OF)c1ccc2c(c1)CCC2. The topological polar surface area (TPSA) is 26.3 Å². The Labute approximate surface area is 75.2 Å². The van der Waals surface area contributed by atoms with Crippen LogP contribution in [0.15, 0.2) is 18.2 Å². The normalized spacial score (nSPS) is 13.9. The van der Waals surface area contributed by atoms with Gasteiger partial charge in [-0.25, -0.2) is 9.74 Å². The molecule has 0 bridgehead atoms. The van der Waals surface area contributed by atoms with Gasteiger partial charge in [0.05, 0.1) is 5.56 Å². The van der Waals surface area contributed by atoms with Gasteiger partial charge in [-0.05, 0) is 42.5 Å². The summed E-state index contributed by atoms with van der Waals surface area (Å²) in [5, 5.41) is 0. The number of hydrogen-bond donors (Lipinski definition) is 0. The lowest BCUT2D eigenvalue weighted by molar-refractivity contribution is -0.0788. The molecule has 1 aromatic carbocycles. The van der Waals surface area contributed by atoms with Crippen LogP contribution in [0.4, 0.5) is 4.53 Å². The van der Waals surface area contributed by atoms with Crippen molar-refractivity contribution in [3.05, 3.63) is 34.9 Å². The molecule has 0 unspecified atom stereocenters. The lowest BCUT2D eigenvalue weighted by Crippen LogP contribution is -1.99. The molecule has 13 heavy (non-hydrogen) atoms. The van der Waals surface area contributed by atoms with E-state index in [1.165, 1.54) is 5.56 Å². The molecular formula is C10H9FO2. The van der Waals surface area contributed by atoms with Gasteiger partial charge in [0.2, 0.25) is 0 Å². The molecule has 0 atom stereocenters. The number of rotatable bonds is 1. The summed E-state index contributed by atoms with van der Waals surface area (Å²) in [7, 11) is 0. The van der Waals surface area contributed by atoms with Gasteiger partial charge in [-0.1, -0.05) is 6.07 Å². The Balaban J connectivity index is 2.36. The molecule has 0 saturated carbocycles. The summed E-state index contributed by atoms with van der Waals surface area (Å²) in [6, 6.07) is 5.19. The third-order valence-electron chi connectivity index (χ3n) is 2.40. The quantitative estimate of drug-likeness (QED) is 0.662. The second-order valence-corrected chi connectivity index (χ2v) is 3.20. The van der Waals surface area contributed by atoms with Gasteiger partial charge in [-0.2, -0.15) is 0 Å². The van der Waals surface area contributed by atoms with E-state index in [1.54, 1.807) is 12.1 Å². The van der Waals surface area contributed by atoms with Crippen LogP contribution in [0.3, 0.4) is 0 Å². The maximum absolute atomic E-state index is 11.6. The summed E-state index contributed by atoms with van der Waals surface area (Å²) in [6.07, 6.45) is 3.15. The highest BCUT2D eigenvalue weighted by Gasteiger charge is 2.14. The van der Waals surface area contributed by atoms with Gasteiger partial charge in [0.15, 0.2) is 0 Å². The number of carbonyl (C=O) groups is 1. The summed E-state index contributed by atoms with van der Waals surface area (Å²) in [6.45, 7) is 0. The molecule has 0 aliphatic heterocycles. The lowest BCUT2D eigenvalue weighted by Gasteiger charge is -2.00. The zero-order valence-electron chi connectivity index (χ0n) is 7.05. The molecule has 1 aliphatic carbocycles. The highest BCUT2D eigenvalue weighted by atomic mass is 19.3. The van der Waals surface area contributed by atoms with E-state index in [0.29, 0.717) is 5.56 Å². The van der Waals surface area contributed by atoms with E-state index in [1.807, 2.05) is 6.07 Å². The van der Waals surface area contributed by atoms with Gasteiger partial charge in [-0.3, -0.25) is 0 Å². The first-order valence-corrected chi connectivity index (χ1v) is 4.26. The van der Waals surface area contributed by atoms with E-state index >= 15 is 0 Å². The van der Waals surface area contributed by atoms with Gasteiger partial charge in [0.25, 0.3) is 0 Å². The second-order valence-electron chi connectivity index (χ2n) is 3.20. The molecule has 0 amide bonds. The van der Waals surface area contributed by atoms with Crippen molar-refractivity contribution in [3.63, 3.8) is 0 Å². The Morgan fingerprint density at radius 3 is 2.85 bits per heavy atom. The molecule has 2 nitrogen and oxygen atoms in total. The summed E-state index contributed by atoms with van der Waals surface area (Å²) in [5.74, 6) is -0.908. The van der Waals surface area contributed by atoms with E-state index < -0.39 is 5.97 Å². The average Bonchev–Trinajstić information content (AvgIpc) is 2.63. The van der Waals surface area contributed by atoms with Crippen LogP contribution in [0, 0.1) is 0 Å². The summed E-state index contributed by atoms with van der Waals surface area (Å²) < 4.78 is 11.6. The Morgan fingerprint density at radius 1 is 1.31 bits per heavy atom. The fraction of sp³-hybridized carbons (Fsp3) is 0.300. The van der Waals surface area contributed by atoms with Crippen molar-refractivity contribution in [2.45, 2.75) is 19.3 Å². The number of halogens is 1. The van der Waals surface area contributed by atoms with Crippen LogP contribution >= 0.6 is 0 Å². The maximum atomic E-state index is 11.6. The van der Waals surface area contributed by atoms with Gasteiger partial charge in [0, 0.05) is 4.53 Å². The van der Waals surface area contributed by atoms with E-state index in [9.17, 15) is 9.32 Å². The molecule has 0 aromatic heterocycles. The van der Waals surface area contributed by atoms with E-state index in [0.717, 1.165) is 24.8 Å². The van der Waals surface area contributed by atoms with Gasteiger partial charge < -0.3 is 0 Å². The van der Waals surface area contributed by atoms with Crippen molar-refractivity contribution in [1.29, 1.82) is 0 Å². The summed E-state index contributed by atoms with van der Waals surface area (Å²) in [4.78, 5) is 14.0. The monoisotopic (exact) mass is 180 g/mol. The van der Waals surface area contributed by atoms with Crippen LogP contribution in [0.5, 0.6) is 0 Å². The first-order valence-electron chi connectivity index (χ1n) is 4.26. The number of hydrogen-bond acceptors (Lipinski definition) is 2. The number of fused-ring (bicyclic) bond motifs is 1. The number of carbonyl (C=O) groups excluding carboxylic acids is 1. The minimum atomic E-state index is -0.908. The highest BCUT2D eigenvalue weighted by Crippen LogP contribution is 2.23. The van der Waals surface area contributed by atoms with Gasteiger partial charge >= 0.3 is 5.97 Å². The van der Waals surface area contributed by atoms with Crippen molar-refractivity contribution in [2.75, 3.05) is 0 Å². The molecule has 0 N–H and O–H groups in total. The first-order chi connectivity index (χ1) is 6.31. The average molecular weight is 180 g/mol. The molecule has 2 rings (SSSR count). The van der Waals surface area contributed by atoms with Crippen molar-refractivity contribution in [2.24, 2.45) is 0 Å². The van der Waals surface area contributed by atoms with Crippen molar-refractivity contribution >= 4 is 5.97 Å². The molecule has 1 aromatic rings. The molecule has 0 fully saturated rings. The summed E-state index contributed by atoms with van der Waals surface area (Å²) in [5.41, 5.74) is 2.70. The lowest BCUT2D eigenvalue weighted by atomic mass is 10.1. The fourth-order valence-electron chi connectivity index (χ4n) is 1.74. The fourth-order valence-corrected chi connectivity index (χ4v) is 1.74. The van der Waals surface area contributed by atoms with Crippen molar-refractivity contribution in [1.82, 2.24) is 0 Å². The maximum Gasteiger partial charge on any atom is 0.379 e. The zero-order valence-corrected chi connectivity index (χ0v) is 7.05. The Morgan fingerprint density at radius 2 is 2.08 bits per heavy atom. The van der Waals surface area contributed by atoms with Crippen LogP contribution in [0.25, 0.3) is 0 Å². The number of aryl methyl sites for hydroxylation is 2. The van der Waals surface area contributed by atoms with Crippen LogP contribution in [0.2, 0.25) is 0 Å². The van der Waals surface area contributed by atoms with Crippen LogP contribution < -0.4 is 0 Å². The number of benzene rings is 1. The van der Waals surface area contributed by atoms with Crippen LogP contribution in [-0.4, -0.2) is 5.97 Å². The predicted octanol–water partition coefficient (Wildman–Crippen LogP) is 2.22. The summed E-state index contributed by atoms with van der Waals surface area (Å²) >= 11 is 0. The van der Waals surface area contributed by atoms with Crippen LogP contribution in [0.1, 0.15) is 27.9 Å². The van der Waals surface area contributed by atoms with Gasteiger partial charge in [-0.15, -0.1) is 0 Å². The molecule has 0 heterocycles. The minimum Gasteiger partial charge on any atom is -0.249 e. The van der Waals surface area contributed by atoms with Crippen molar-refractivity contribution < 1.29 is 14.3 Å². The third kappa shape index (κ3) is 1.41. The molecule has 0 radical (unpaired) electrons. The molecular weight excluding hydrogens is 171 g/mol. The standard InChI is InChI=1S/C10H9FO2/c11-13-10(12)9-5-4-7-2-1-3-8(7)6-9/h4-6H,1-3H2. The predicted molar refractivity (Wildman–Crippen MR) is 45.0 cm³/mol. The highest BCUT2D eigenvalue weighted by molar-refractivity contribution is 5.89. The third-order valence-corrected chi connectivity index (χ3v) is 2.40. The minimum absolute atomic E-state index is 0.295. The van der Waals surface area contributed by atoms with Gasteiger partial charge in [0.1, 0.15) is 0 Å². The van der Waals surface area contributed by atoms with E-state index in [4.69, 9.17) is 0 Å². The smallest absolute Gasteiger partial charge is 0.249 e. The first kappa shape index (κ1) is 8.23. The van der Waals surface area contributed by atoms with Crippen LogP contribution in [-0.2, 0) is 17.8 Å². The molecule has 0 spiro atoms. The van der Waals surface area contributed by atoms with Crippen molar-refractivity contribution in [3.8, 4) is 0 Å². The van der Waals surface area contributed by atoms with E-state index in [-0.39, 0.29) is 0 Å². The Hall–Kier alpha value is -1.38. The second kappa shape index (κ2) is 3.17. The Kier molecular flexibility index (Phi) is 2.00. The molecule has 0 saturated heterocycles. The zero-order chi connectivity index (χ0) is 9.26. The molecule has 68 valence electrons. The largest absolute Gasteiger partial charge is 0.379 e.